The Hall–Kier alpha value is -2.28. The van der Waals surface area contributed by atoms with E-state index in [0.717, 1.165) is 6.42 Å². The first-order valence-electron chi connectivity index (χ1n) is 7.77. The number of aliphatic imine (C=N–C) groups is 1. The average molecular weight is 352 g/mol. The van der Waals surface area contributed by atoms with Gasteiger partial charge in [0.25, 0.3) is 0 Å². The number of guanidine groups is 1. The van der Waals surface area contributed by atoms with Crippen molar-refractivity contribution in [3.63, 3.8) is 0 Å². The van der Waals surface area contributed by atoms with Gasteiger partial charge in [0.1, 0.15) is 11.9 Å². The van der Waals surface area contributed by atoms with Crippen LogP contribution in [0, 0.1) is 6.92 Å². The molecule has 0 saturated carbocycles. The molecule has 24 heavy (non-hydrogen) atoms. The predicted molar refractivity (Wildman–Crippen MR) is 93.4 cm³/mol. The van der Waals surface area contributed by atoms with E-state index in [4.69, 9.17) is 20.9 Å². The normalized spacial score (nSPS) is 12.8. The molecule has 130 valence electrons. The molecule has 0 aliphatic rings. The number of nitrogens with zero attached hydrogens (tertiary/aromatic N) is 3. The zero-order valence-corrected chi connectivity index (χ0v) is 14.8. The first-order valence-corrected chi connectivity index (χ1v) is 8.15. The lowest BCUT2D eigenvalue weighted by Crippen LogP contribution is -2.42. The molecule has 8 heteroatoms. The highest BCUT2D eigenvalue weighted by Gasteiger charge is 2.11. The van der Waals surface area contributed by atoms with E-state index < -0.39 is 0 Å². The quantitative estimate of drug-likeness (QED) is 0.589. The van der Waals surface area contributed by atoms with Crippen LogP contribution in [0.2, 0.25) is 5.02 Å². The van der Waals surface area contributed by atoms with Crippen molar-refractivity contribution < 1.29 is 9.26 Å². The number of ether oxygens (including phenoxy) is 1. The smallest absolute Gasteiger partial charge is 0.223 e. The van der Waals surface area contributed by atoms with E-state index >= 15 is 0 Å². The number of aromatic nitrogens is 2. The lowest BCUT2D eigenvalue weighted by atomic mass is 10.2. The number of aryl methyl sites for hydroxylation is 1. The van der Waals surface area contributed by atoms with Crippen LogP contribution in [0.3, 0.4) is 0 Å². The molecule has 1 aromatic heterocycles. The Morgan fingerprint density at radius 2 is 2.17 bits per heavy atom. The summed E-state index contributed by atoms with van der Waals surface area (Å²) in [4.78, 5) is 8.30. The summed E-state index contributed by atoms with van der Waals surface area (Å²) in [5.74, 6) is 2.43. The average Bonchev–Trinajstić information content (AvgIpc) is 3.01. The molecule has 0 radical (unpaired) electrons. The monoisotopic (exact) mass is 351 g/mol. The molecule has 1 atom stereocenters. The summed E-state index contributed by atoms with van der Waals surface area (Å²) in [7, 11) is 1.70. The van der Waals surface area contributed by atoms with Crippen molar-refractivity contribution in [2.45, 2.75) is 32.9 Å². The minimum Gasteiger partial charge on any atom is -0.487 e. The maximum absolute atomic E-state index is 6.13. The van der Waals surface area contributed by atoms with Gasteiger partial charge in [-0.05, 0) is 18.6 Å². The fourth-order valence-corrected chi connectivity index (χ4v) is 2.18. The Bertz CT molecular complexity index is 674. The molecule has 0 fully saturated rings. The molecule has 2 rings (SSSR count). The second kappa shape index (κ2) is 9.12. The summed E-state index contributed by atoms with van der Waals surface area (Å²) in [6.07, 6.45) is 0.801. The first kappa shape index (κ1) is 18.1. The summed E-state index contributed by atoms with van der Waals surface area (Å²) in [6, 6.07) is 7.44. The third kappa shape index (κ3) is 5.42. The van der Waals surface area contributed by atoms with Gasteiger partial charge in [0.15, 0.2) is 11.8 Å². The van der Waals surface area contributed by atoms with Crippen LogP contribution in [-0.4, -0.2) is 35.8 Å². The maximum Gasteiger partial charge on any atom is 0.223 e. The molecular weight excluding hydrogens is 330 g/mol. The van der Waals surface area contributed by atoms with Crippen LogP contribution in [0.5, 0.6) is 5.75 Å². The summed E-state index contributed by atoms with van der Waals surface area (Å²) in [6.45, 7) is 4.83. The summed E-state index contributed by atoms with van der Waals surface area (Å²) < 4.78 is 10.9. The number of hydrogen-bond donors (Lipinski definition) is 2. The van der Waals surface area contributed by atoms with Crippen molar-refractivity contribution in [1.29, 1.82) is 0 Å². The van der Waals surface area contributed by atoms with Crippen LogP contribution >= 0.6 is 11.6 Å². The molecule has 2 aromatic rings. The van der Waals surface area contributed by atoms with E-state index in [1.54, 1.807) is 14.0 Å². The van der Waals surface area contributed by atoms with Crippen LogP contribution in [0.25, 0.3) is 0 Å². The van der Waals surface area contributed by atoms with Crippen molar-refractivity contribution >= 4 is 17.6 Å². The molecule has 0 aliphatic heterocycles. The SMILES string of the molecule is CCC(CNC(=NC)NCc1noc(C)n1)Oc1ccccc1Cl. The Morgan fingerprint density at radius 3 is 2.79 bits per heavy atom. The third-order valence-corrected chi connectivity index (χ3v) is 3.60. The standard InChI is InChI=1S/C16H22ClN5O2/c1-4-12(23-14-8-6-5-7-13(14)17)9-19-16(18-3)20-10-15-21-11(2)24-22-15/h5-8,12H,4,9-10H2,1-3H3,(H2,18,19,20). The highest BCUT2D eigenvalue weighted by atomic mass is 35.5. The van der Waals surface area contributed by atoms with Gasteiger partial charge in [0.2, 0.25) is 5.89 Å². The van der Waals surface area contributed by atoms with Gasteiger partial charge in [0, 0.05) is 14.0 Å². The number of nitrogens with one attached hydrogen (secondary N) is 2. The topological polar surface area (TPSA) is 84.6 Å². The minimum atomic E-state index is -0.0316. The highest BCUT2D eigenvalue weighted by Crippen LogP contribution is 2.24. The summed E-state index contributed by atoms with van der Waals surface area (Å²) in [5.41, 5.74) is 0. The molecule has 0 aliphatic carbocycles. The van der Waals surface area contributed by atoms with Crippen molar-refractivity contribution in [3.8, 4) is 5.75 Å². The second-order valence-corrected chi connectivity index (χ2v) is 5.52. The van der Waals surface area contributed by atoms with Crippen molar-refractivity contribution in [1.82, 2.24) is 20.8 Å². The zero-order chi connectivity index (χ0) is 17.4. The molecule has 1 unspecified atom stereocenters. The van der Waals surface area contributed by atoms with Crippen LogP contribution < -0.4 is 15.4 Å². The molecule has 0 spiro atoms. The minimum absolute atomic E-state index is 0.0316. The van der Waals surface area contributed by atoms with Gasteiger partial charge in [0.05, 0.1) is 18.1 Å². The van der Waals surface area contributed by atoms with Crippen molar-refractivity contribution in [2.24, 2.45) is 4.99 Å². The van der Waals surface area contributed by atoms with Crippen LogP contribution in [0.4, 0.5) is 0 Å². The van der Waals surface area contributed by atoms with E-state index in [9.17, 15) is 0 Å². The molecule has 0 bridgehead atoms. The molecule has 7 nitrogen and oxygen atoms in total. The number of benzene rings is 1. The van der Waals surface area contributed by atoms with Crippen molar-refractivity contribution in [3.05, 3.63) is 41.0 Å². The lowest BCUT2D eigenvalue weighted by molar-refractivity contribution is 0.199. The van der Waals surface area contributed by atoms with Gasteiger partial charge in [-0.2, -0.15) is 4.98 Å². The van der Waals surface area contributed by atoms with Crippen LogP contribution in [-0.2, 0) is 6.54 Å². The van der Waals surface area contributed by atoms with Crippen molar-refractivity contribution in [2.75, 3.05) is 13.6 Å². The number of rotatable bonds is 7. The van der Waals surface area contributed by atoms with Gasteiger partial charge in [-0.1, -0.05) is 35.8 Å². The molecule has 1 heterocycles. The zero-order valence-electron chi connectivity index (χ0n) is 14.0. The molecular formula is C16H22ClN5O2. The molecule has 0 saturated heterocycles. The van der Waals surface area contributed by atoms with E-state index in [1.807, 2.05) is 24.3 Å². The molecule has 0 amide bonds. The number of halogens is 1. The van der Waals surface area contributed by atoms with Crippen LogP contribution in [0.15, 0.2) is 33.8 Å². The third-order valence-electron chi connectivity index (χ3n) is 3.29. The second-order valence-electron chi connectivity index (χ2n) is 5.11. The Kier molecular flexibility index (Phi) is 6.87. The van der Waals surface area contributed by atoms with Gasteiger partial charge in [-0.15, -0.1) is 0 Å². The van der Waals surface area contributed by atoms with Gasteiger partial charge in [-0.3, -0.25) is 4.99 Å². The predicted octanol–water partition coefficient (Wildman–Crippen LogP) is 2.55. The molecule has 2 N–H and O–H groups in total. The van der Waals surface area contributed by atoms with E-state index in [-0.39, 0.29) is 6.10 Å². The Balaban J connectivity index is 1.83. The van der Waals surface area contributed by atoms with E-state index in [2.05, 4.69) is 32.7 Å². The lowest BCUT2D eigenvalue weighted by Gasteiger charge is -2.20. The Labute approximate surface area is 146 Å². The number of para-hydroxylation sites is 1. The van der Waals surface area contributed by atoms with Gasteiger partial charge in [-0.25, -0.2) is 0 Å². The largest absolute Gasteiger partial charge is 0.487 e. The fraction of sp³-hybridized carbons (Fsp3) is 0.438. The number of hydrogen-bond acceptors (Lipinski definition) is 5. The van der Waals surface area contributed by atoms with Crippen LogP contribution in [0.1, 0.15) is 25.1 Å². The maximum atomic E-state index is 6.13. The first-order chi connectivity index (χ1) is 11.6. The van der Waals surface area contributed by atoms with Gasteiger partial charge < -0.3 is 19.9 Å². The van der Waals surface area contributed by atoms with E-state index in [1.165, 1.54) is 0 Å². The fourth-order valence-electron chi connectivity index (χ4n) is 2.00. The van der Waals surface area contributed by atoms with E-state index in [0.29, 0.717) is 41.5 Å². The van der Waals surface area contributed by atoms with Gasteiger partial charge >= 0.3 is 0 Å². The summed E-state index contributed by atoms with van der Waals surface area (Å²) in [5, 5.41) is 10.8. The molecule has 1 aromatic carbocycles. The Morgan fingerprint density at radius 1 is 1.38 bits per heavy atom. The highest BCUT2D eigenvalue weighted by molar-refractivity contribution is 6.32. The summed E-state index contributed by atoms with van der Waals surface area (Å²) >= 11 is 6.13.